The smallest absolute Gasteiger partial charge is 0.301 e. The summed E-state index contributed by atoms with van der Waals surface area (Å²) in [6.45, 7) is 2.35. The highest BCUT2D eigenvalue weighted by molar-refractivity contribution is 7.13. The molecule has 4 rings (SSSR count). The summed E-state index contributed by atoms with van der Waals surface area (Å²) in [5.41, 5.74) is 2.14. The van der Waals surface area contributed by atoms with Crippen LogP contribution in [-0.2, 0) is 9.59 Å². The number of hydrogen-bond acceptors (Lipinski definition) is 10. The topological polar surface area (TPSA) is 120 Å². The van der Waals surface area contributed by atoms with Crippen LogP contribution < -0.4 is 23.8 Å². The van der Waals surface area contributed by atoms with Gasteiger partial charge in [0.15, 0.2) is 11.5 Å². The van der Waals surface area contributed by atoms with Gasteiger partial charge < -0.3 is 24.1 Å². The minimum atomic E-state index is -1.02. The molecule has 11 heteroatoms. The van der Waals surface area contributed by atoms with Crippen molar-refractivity contribution in [3.63, 3.8) is 0 Å². The second-order valence-corrected chi connectivity index (χ2v) is 8.12. The third kappa shape index (κ3) is 4.26. The number of Topliss-reactive ketones (excluding diaryl/α,β-unsaturated/α-hetero) is 1. The Balaban J connectivity index is 1.94. The third-order valence-electron chi connectivity index (χ3n) is 5.44. The van der Waals surface area contributed by atoms with Crippen molar-refractivity contribution in [3.05, 3.63) is 58.6 Å². The van der Waals surface area contributed by atoms with Crippen LogP contribution >= 0.6 is 11.3 Å². The quantitative estimate of drug-likeness (QED) is 0.283. The Morgan fingerprint density at radius 1 is 1.06 bits per heavy atom. The van der Waals surface area contributed by atoms with Crippen molar-refractivity contribution in [2.24, 2.45) is 0 Å². The van der Waals surface area contributed by atoms with Gasteiger partial charge in [-0.3, -0.25) is 14.5 Å². The summed E-state index contributed by atoms with van der Waals surface area (Å²) in [4.78, 5) is 27.6. The number of anilines is 1. The molecule has 1 atom stereocenters. The Kier molecular flexibility index (Phi) is 6.87. The fourth-order valence-corrected chi connectivity index (χ4v) is 4.49. The van der Waals surface area contributed by atoms with Gasteiger partial charge in [0.1, 0.15) is 17.0 Å². The average Bonchev–Trinajstić information content (AvgIpc) is 3.50. The van der Waals surface area contributed by atoms with Crippen LogP contribution in [0.4, 0.5) is 5.13 Å². The first-order chi connectivity index (χ1) is 16.9. The Morgan fingerprint density at radius 2 is 1.71 bits per heavy atom. The highest BCUT2D eigenvalue weighted by atomic mass is 32.1. The number of aromatic nitrogens is 2. The molecule has 0 aliphatic carbocycles. The van der Waals surface area contributed by atoms with Gasteiger partial charge in [0.05, 0.1) is 39.6 Å². The number of carbonyl (C=O) groups excluding carboxylic acids is 2. The molecule has 0 radical (unpaired) electrons. The van der Waals surface area contributed by atoms with Gasteiger partial charge in [0.25, 0.3) is 5.78 Å². The van der Waals surface area contributed by atoms with E-state index >= 15 is 0 Å². The standard InChI is InChI=1S/C24H23N3O7S/c1-5-34-15-8-6-13(7-9-15)20(28)18-19(27(23(30)21(18)29)24-26-25-12-35-24)14-10-16(31-2)22(33-4)17(11-14)32-3/h6-12,19,28H,5H2,1-4H3/b20-18+. The van der Waals surface area contributed by atoms with Gasteiger partial charge in [-0.1, -0.05) is 11.3 Å². The van der Waals surface area contributed by atoms with Crippen LogP contribution in [0.5, 0.6) is 23.0 Å². The number of nitrogens with zero attached hydrogens (tertiary/aromatic N) is 3. The van der Waals surface area contributed by atoms with E-state index in [1.54, 1.807) is 36.4 Å². The van der Waals surface area contributed by atoms with Gasteiger partial charge in [-0.05, 0) is 48.9 Å². The number of benzene rings is 2. The summed E-state index contributed by atoms with van der Waals surface area (Å²) in [5.74, 6) is -0.426. The van der Waals surface area contributed by atoms with E-state index in [4.69, 9.17) is 18.9 Å². The van der Waals surface area contributed by atoms with Crippen molar-refractivity contribution >= 4 is 33.9 Å². The van der Waals surface area contributed by atoms with Crippen molar-refractivity contribution in [2.45, 2.75) is 13.0 Å². The second-order valence-electron chi connectivity index (χ2n) is 7.31. The molecule has 0 bridgehead atoms. The van der Waals surface area contributed by atoms with Gasteiger partial charge >= 0.3 is 5.91 Å². The molecule has 35 heavy (non-hydrogen) atoms. The van der Waals surface area contributed by atoms with E-state index in [9.17, 15) is 14.7 Å². The number of ketones is 1. The molecule has 10 nitrogen and oxygen atoms in total. The molecule has 1 amide bonds. The number of hydrogen-bond donors (Lipinski definition) is 1. The summed E-state index contributed by atoms with van der Waals surface area (Å²) in [6.07, 6.45) is 0. The first-order valence-corrected chi connectivity index (χ1v) is 11.4. The van der Waals surface area contributed by atoms with E-state index in [2.05, 4.69) is 10.2 Å². The Labute approximate surface area is 205 Å². The van der Waals surface area contributed by atoms with E-state index in [-0.39, 0.29) is 16.5 Å². The molecule has 0 saturated carbocycles. The molecule has 0 spiro atoms. The first kappa shape index (κ1) is 24.0. The fourth-order valence-electron chi connectivity index (χ4n) is 3.91. The van der Waals surface area contributed by atoms with E-state index in [1.165, 1.54) is 31.7 Å². The van der Waals surface area contributed by atoms with Gasteiger partial charge in [0, 0.05) is 5.56 Å². The van der Waals surface area contributed by atoms with Crippen molar-refractivity contribution < 1.29 is 33.6 Å². The van der Waals surface area contributed by atoms with Gasteiger partial charge in [-0.2, -0.15) is 0 Å². The lowest BCUT2D eigenvalue weighted by molar-refractivity contribution is -0.132. The SMILES string of the molecule is CCOc1ccc(/C(O)=C2\C(=O)C(=O)N(c3nncs3)C2c2cc(OC)c(OC)c(OC)c2)cc1. The number of methoxy groups -OCH3 is 3. The van der Waals surface area contributed by atoms with Crippen molar-refractivity contribution in [3.8, 4) is 23.0 Å². The zero-order valence-corrected chi connectivity index (χ0v) is 20.3. The van der Waals surface area contributed by atoms with E-state index in [1.807, 2.05) is 6.92 Å². The lowest BCUT2D eigenvalue weighted by Gasteiger charge is -2.24. The summed E-state index contributed by atoms with van der Waals surface area (Å²) < 4.78 is 21.8. The van der Waals surface area contributed by atoms with Crippen molar-refractivity contribution in [1.29, 1.82) is 0 Å². The molecule has 3 aromatic rings. The lowest BCUT2D eigenvalue weighted by atomic mass is 9.94. The molecule has 1 aliphatic heterocycles. The van der Waals surface area contributed by atoms with Gasteiger partial charge in [-0.25, -0.2) is 0 Å². The Bertz CT molecular complexity index is 1250. The zero-order valence-electron chi connectivity index (χ0n) is 19.5. The molecule has 182 valence electrons. The van der Waals surface area contributed by atoms with E-state index < -0.39 is 17.7 Å². The highest BCUT2D eigenvalue weighted by Gasteiger charge is 2.48. The molecule has 1 aromatic heterocycles. The second kappa shape index (κ2) is 10.0. The van der Waals surface area contributed by atoms with Crippen LogP contribution in [0.25, 0.3) is 5.76 Å². The molecule has 1 saturated heterocycles. The van der Waals surface area contributed by atoms with E-state index in [0.29, 0.717) is 40.7 Å². The molecular weight excluding hydrogens is 474 g/mol. The average molecular weight is 498 g/mol. The van der Waals surface area contributed by atoms with Crippen molar-refractivity contribution in [2.75, 3.05) is 32.8 Å². The lowest BCUT2D eigenvalue weighted by Crippen LogP contribution is -2.29. The van der Waals surface area contributed by atoms with Crippen LogP contribution in [0.3, 0.4) is 0 Å². The predicted octanol–water partition coefficient (Wildman–Crippen LogP) is 3.59. The van der Waals surface area contributed by atoms with Crippen LogP contribution in [0.1, 0.15) is 24.1 Å². The highest BCUT2D eigenvalue weighted by Crippen LogP contribution is 2.47. The zero-order chi connectivity index (χ0) is 25.1. The number of amides is 1. The monoisotopic (exact) mass is 497 g/mol. The molecule has 2 heterocycles. The Hall–Kier alpha value is -4.12. The summed E-state index contributed by atoms with van der Waals surface area (Å²) in [6, 6.07) is 8.80. The first-order valence-electron chi connectivity index (χ1n) is 10.5. The number of rotatable bonds is 8. The maximum Gasteiger partial charge on any atom is 0.301 e. The maximum absolute atomic E-state index is 13.2. The van der Waals surface area contributed by atoms with E-state index in [0.717, 1.165) is 11.3 Å². The molecule has 1 N–H and O–H groups in total. The normalized spacial score (nSPS) is 16.9. The number of aliphatic hydroxyl groups excluding tert-OH is 1. The molecule has 2 aromatic carbocycles. The van der Waals surface area contributed by atoms with Crippen LogP contribution in [0, 0.1) is 0 Å². The Morgan fingerprint density at radius 3 is 2.23 bits per heavy atom. The largest absolute Gasteiger partial charge is 0.507 e. The number of carbonyl (C=O) groups is 2. The fraction of sp³-hybridized carbons (Fsp3) is 0.250. The maximum atomic E-state index is 13.2. The molecule has 1 fully saturated rings. The minimum Gasteiger partial charge on any atom is -0.507 e. The van der Waals surface area contributed by atoms with Crippen LogP contribution in [-0.4, -0.2) is 54.9 Å². The summed E-state index contributed by atoms with van der Waals surface area (Å²) >= 11 is 1.09. The van der Waals surface area contributed by atoms with Crippen LogP contribution in [0.15, 0.2) is 47.5 Å². The number of aliphatic hydroxyl groups is 1. The third-order valence-corrected chi connectivity index (χ3v) is 6.13. The van der Waals surface area contributed by atoms with Gasteiger partial charge in [-0.15, -0.1) is 10.2 Å². The molecule has 1 aliphatic rings. The summed E-state index contributed by atoms with van der Waals surface area (Å²) in [5, 5.41) is 19.3. The molecular formula is C24H23N3O7S. The van der Waals surface area contributed by atoms with Gasteiger partial charge in [0.2, 0.25) is 10.9 Å². The number of ether oxygens (including phenoxy) is 4. The molecule has 1 unspecified atom stereocenters. The van der Waals surface area contributed by atoms with Crippen molar-refractivity contribution in [1.82, 2.24) is 10.2 Å². The minimum absolute atomic E-state index is 0.108. The summed E-state index contributed by atoms with van der Waals surface area (Å²) in [7, 11) is 4.39. The predicted molar refractivity (Wildman–Crippen MR) is 128 cm³/mol. The van der Waals surface area contributed by atoms with Crippen LogP contribution in [0.2, 0.25) is 0 Å².